The van der Waals surface area contributed by atoms with Crippen molar-refractivity contribution in [2.75, 3.05) is 5.32 Å². The van der Waals surface area contributed by atoms with Crippen molar-refractivity contribution >= 4 is 38.9 Å². The number of hydrogen-bond acceptors (Lipinski definition) is 2. The van der Waals surface area contributed by atoms with E-state index in [1.165, 1.54) is 17.4 Å². The summed E-state index contributed by atoms with van der Waals surface area (Å²) in [6, 6.07) is 8.01. The normalized spacial score (nSPS) is 10.1. The first-order chi connectivity index (χ1) is 7.68. The second-order valence-electron chi connectivity index (χ2n) is 3.03. The van der Waals surface area contributed by atoms with Crippen LogP contribution in [-0.4, -0.2) is 5.91 Å². The Morgan fingerprint density at radius 3 is 2.75 bits per heavy atom. The molecule has 2 rings (SSSR count). The van der Waals surface area contributed by atoms with Crippen molar-refractivity contribution in [2.24, 2.45) is 0 Å². The summed E-state index contributed by atoms with van der Waals surface area (Å²) in [5.74, 6) is -0.764. The minimum Gasteiger partial charge on any atom is -0.318 e. The van der Waals surface area contributed by atoms with Gasteiger partial charge in [0, 0.05) is 4.47 Å². The van der Waals surface area contributed by atoms with Gasteiger partial charge in [-0.1, -0.05) is 12.1 Å². The topological polar surface area (TPSA) is 29.1 Å². The third-order valence-electron chi connectivity index (χ3n) is 1.95. The Morgan fingerprint density at radius 2 is 2.12 bits per heavy atom. The molecule has 1 N–H and O–H groups in total. The number of para-hydroxylation sites is 1. The van der Waals surface area contributed by atoms with Crippen LogP contribution < -0.4 is 5.32 Å². The highest BCUT2D eigenvalue weighted by Crippen LogP contribution is 2.26. The summed E-state index contributed by atoms with van der Waals surface area (Å²) in [5, 5.41) is 4.33. The van der Waals surface area contributed by atoms with Gasteiger partial charge < -0.3 is 5.32 Å². The van der Waals surface area contributed by atoms with E-state index < -0.39 is 5.82 Å². The zero-order valence-corrected chi connectivity index (χ0v) is 10.4. The number of halogens is 2. The van der Waals surface area contributed by atoms with Gasteiger partial charge in [0.05, 0.1) is 10.6 Å². The van der Waals surface area contributed by atoms with Crippen molar-refractivity contribution in [3.63, 3.8) is 0 Å². The highest BCUT2D eigenvalue weighted by atomic mass is 79.9. The van der Waals surface area contributed by atoms with E-state index in [9.17, 15) is 9.18 Å². The van der Waals surface area contributed by atoms with Crippen molar-refractivity contribution in [1.29, 1.82) is 0 Å². The molecule has 1 amide bonds. The number of rotatable bonds is 2. The van der Waals surface area contributed by atoms with Crippen LogP contribution in [0.3, 0.4) is 0 Å². The van der Waals surface area contributed by atoms with Crippen molar-refractivity contribution in [1.82, 2.24) is 0 Å². The van der Waals surface area contributed by atoms with E-state index in [4.69, 9.17) is 0 Å². The lowest BCUT2D eigenvalue weighted by atomic mass is 10.3. The molecular formula is C11H7BrFNOS. The van der Waals surface area contributed by atoms with Crippen LogP contribution in [0, 0.1) is 5.82 Å². The maximum absolute atomic E-state index is 13.4. The maximum Gasteiger partial charge on any atom is 0.265 e. The summed E-state index contributed by atoms with van der Waals surface area (Å²) in [6.07, 6.45) is 0. The fourth-order valence-electron chi connectivity index (χ4n) is 1.20. The van der Waals surface area contributed by atoms with Crippen LogP contribution in [0.5, 0.6) is 0 Å². The minimum absolute atomic E-state index is 0.168. The first kappa shape index (κ1) is 11.3. The molecule has 1 aromatic carbocycles. The zero-order chi connectivity index (χ0) is 11.5. The number of benzene rings is 1. The van der Waals surface area contributed by atoms with Crippen molar-refractivity contribution < 1.29 is 9.18 Å². The molecule has 0 radical (unpaired) electrons. The first-order valence-electron chi connectivity index (χ1n) is 4.47. The Bertz CT molecular complexity index is 492. The van der Waals surface area contributed by atoms with Gasteiger partial charge in [0.15, 0.2) is 0 Å². The molecule has 0 spiro atoms. The van der Waals surface area contributed by atoms with Gasteiger partial charge >= 0.3 is 0 Å². The molecule has 0 atom stereocenters. The second-order valence-corrected chi connectivity index (χ2v) is 4.83. The van der Waals surface area contributed by atoms with Crippen molar-refractivity contribution in [3.05, 3.63) is 50.9 Å². The van der Waals surface area contributed by atoms with E-state index in [1.54, 1.807) is 29.6 Å². The molecule has 82 valence electrons. The average Bonchev–Trinajstić information content (AvgIpc) is 2.76. The van der Waals surface area contributed by atoms with E-state index in [-0.39, 0.29) is 11.6 Å². The summed E-state index contributed by atoms with van der Waals surface area (Å²) >= 11 is 4.50. The number of hydrogen-bond donors (Lipinski definition) is 1. The van der Waals surface area contributed by atoms with Crippen molar-refractivity contribution in [2.45, 2.75) is 0 Å². The molecule has 0 fully saturated rings. The Labute approximate surface area is 104 Å². The fourth-order valence-corrected chi connectivity index (χ4v) is 2.26. The predicted octanol–water partition coefficient (Wildman–Crippen LogP) is 3.90. The Hall–Kier alpha value is -1.20. The van der Waals surface area contributed by atoms with Gasteiger partial charge in [-0.05, 0) is 39.5 Å². The Morgan fingerprint density at radius 1 is 1.31 bits per heavy atom. The quantitative estimate of drug-likeness (QED) is 0.895. The van der Waals surface area contributed by atoms with Crippen LogP contribution in [0.25, 0.3) is 0 Å². The number of carbonyl (C=O) groups excluding carboxylic acids is 1. The standard InChI is InChI=1S/C11H7BrFNOS/c12-7-3-1-4-8(13)10(7)14-11(15)9-5-2-6-16-9/h1-6H,(H,14,15). The summed E-state index contributed by atoms with van der Waals surface area (Å²) in [6.45, 7) is 0. The molecule has 0 aliphatic rings. The van der Waals surface area contributed by atoms with Crippen molar-refractivity contribution in [3.8, 4) is 0 Å². The lowest BCUT2D eigenvalue weighted by Crippen LogP contribution is -2.11. The smallest absolute Gasteiger partial charge is 0.265 e. The molecule has 16 heavy (non-hydrogen) atoms. The molecule has 0 bridgehead atoms. The molecule has 0 unspecified atom stereocenters. The molecule has 0 saturated carbocycles. The lowest BCUT2D eigenvalue weighted by Gasteiger charge is -2.06. The number of nitrogens with one attached hydrogen (secondary N) is 1. The SMILES string of the molecule is O=C(Nc1c(F)cccc1Br)c1cccs1. The van der Waals surface area contributed by atoms with Crippen LogP contribution in [0.4, 0.5) is 10.1 Å². The molecule has 0 aliphatic heterocycles. The summed E-state index contributed by atoms with van der Waals surface area (Å²) in [7, 11) is 0. The lowest BCUT2D eigenvalue weighted by molar-refractivity contribution is 0.103. The van der Waals surface area contributed by atoms with E-state index in [0.29, 0.717) is 9.35 Å². The maximum atomic E-state index is 13.4. The van der Waals surface area contributed by atoms with Gasteiger partial charge in [-0.2, -0.15) is 0 Å². The highest BCUT2D eigenvalue weighted by Gasteiger charge is 2.12. The summed E-state index contributed by atoms with van der Waals surface area (Å²) < 4.78 is 13.9. The first-order valence-corrected chi connectivity index (χ1v) is 6.14. The minimum atomic E-state index is -0.459. The zero-order valence-electron chi connectivity index (χ0n) is 8.04. The molecule has 1 aromatic heterocycles. The van der Waals surface area contributed by atoms with Gasteiger partial charge in [0.25, 0.3) is 5.91 Å². The van der Waals surface area contributed by atoms with Gasteiger partial charge in [0.2, 0.25) is 0 Å². The van der Waals surface area contributed by atoms with Gasteiger partial charge in [0.1, 0.15) is 5.82 Å². The molecule has 1 heterocycles. The average molecular weight is 300 g/mol. The number of thiophene rings is 1. The third-order valence-corrected chi connectivity index (χ3v) is 3.48. The summed E-state index contributed by atoms with van der Waals surface area (Å²) in [4.78, 5) is 12.2. The Kier molecular flexibility index (Phi) is 3.36. The van der Waals surface area contributed by atoms with Crippen LogP contribution in [0.15, 0.2) is 40.2 Å². The molecule has 2 nitrogen and oxygen atoms in total. The van der Waals surface area contributed by atoms with Gasteiger partial charge in [-0.25, -0.2) is 4.39 Å². The third kappa shape index (κ3) is 2.31. The monoisotopic (exact) mass is 299 g/mol. The van der Waals surface area contributed by atoms with E-state index in [0.717, 1.165) is 0 Å². The fraction of sp³-hybridized carbons (Fsp3) is 0. The van der Waals surface area contributed by atoms with E-state index in [1.807, 2.05) is 0 Å². The van der Waals surface area contributed by atoms with Crippen LogP contribution in [0.1, 0.15) is 9.67 Å². The molecular weight excluding hydrogens is 293 g/mol. The second kappa shape index (κ2) is 4.76. The number of anilines is 1. The van der Waals surface area contributed by atoms with Gasteiger partial charge in [-0.15, -0.1) is 11.3 Å². The highest BCUT2D eigenvalue weighted by molar-refractivity contribution is 9.10. The molecule has 0 aliphatic carbocycles. The predicted molar refractivity (Wildman–Crippen MR) is 66.4 cm³/mol. The van der Waals surface area contributed by atoms with E-state index >= 15 is 0 Å². The molecule has 5 heteroatoms. The summed E-state index contributed by atoms with van der Waals surface area (Å²) in [5.41, 5.74) is 0.168. The van der Waals surface area contributed by atoms with Gasteiger partial charge in [-0.3, -0.25) is 4.79 Å². The molecule has 2 aromatic rings. The number of carbonyl (C=O) groups is 1. The largest absolute Gasteiger partial charge is 0.318 e. The van der Waals surface area contributed by atoms with Crippen LogP contribution in [0.2, 0.25) is 0 Å². The Balaban J connectivity index is 2.25. The molecule has 0 saturated heterocycles. The number of amides is 1. The van der Waals surface area contributed by atoms with E-state index in [2.05, 4.69) is 21.2 Å². The van der Waals surface area contributed by atoms with Crippen LogP contribution in [-0.2, 0) is 0 Å². The van der Waals surface area contributed by atoms with Crippen LogP contribution >= 0.6 is 27.3 Å².